The molecular formula is C15H22ClNO. The van der Waals surface area contributed by atoms with E-state index in [9.17, 15) is 0 Å². The molecule has 1 atom stereocenters. The molecule has 0 amide bonds. The summed E-state index contributed by atoms with van der Waals surface area (Å²) in [5, 5.41) is 0.798. The molecule has 2 rings (SSSR count). The van der Waals surface area contributed by atoms with E-state index >= 15 is 0 Å². The smallest absolute Gasteiger partial charge is 0.122 e. The average Bonchev–Trinajstić information content (AvgIpc) is 3.15. The zero-order valence-corrected chi connectivity index (χ0v) is 12.0. The third-order valence-corrected chi connectivity index (χ3v) is 3.93. The number of hydrogen-bond acceptors (Lipinski definition) is 2. The van der Waals surface area contributed by atoms with Crippen LogP contribution < -0.4 is 10.5 Å². The number of benzene rings is 1. The van der Waals surface area contributed by atoms with Crippen LogP contribution in [0.4, 0.5) is 0 Å². The molecule has 0 radical (unpaired) electrons. The Morgan fingerprint density at radius 3 is 2.78 bits per heavy atom. The first-order valence-electron chi connectivity index (χ1n) is 6.77. The van der Waals surface area contributed by atoms with Gasteiger partial charge in [-0.2, -0.15) is 0 Å². The molecule has 2 N–H and O–H groups in total. The Balaban J connectivity index is 2.14. The first kappa shape index (κ1) is 13.7. The molecule has 0 bridgehead atoms. The summed E-state index contributed by atoms with van der Waals surface area (Å²) in [6.07, 6.45) is 4.40. The highest BCUT2D eigenvalue weighted by molar-refractivity contribution is 6.31. The Morgan fingerprint density at radius 1 is 1.44 bits per heavy atom. The standard InChI is InChI=1S/C15H22ClNO/c1-3-13(17)7-12-8-14(16)10(2)6-15(12)18-9-11-4-5-11/h6,8,11,13H,3-5,7,9,17H2,1-2H3. The van der Waals surface area contributed by atoms with Crippen molar-refractivity contribution in [3.8, 4) is 5.75 Å². The maximum atomic E-state index is 6.19. The van der Waals surface area contributed by atoms with Crippen LogP contribution in [0.3, 0.4) is 0 Å². The molecule has 1 unspecified atom stereocenters. The summed E-state index contributed by atoms with van der Waals surface area (Å²) in [4.78, 5) is 0. The van der Waals surface area contributed by atoms with E-state index in [-0.39, 0.29) is 6.04 Å². The topological polar surface area (TPSA) is 35.2 Å². The summed E-state index contributed by atoms with van der Waals surface area (Å²) < 4.78 is 5.93. The Kier molecular flexibility index (Phi) is 4.52. The third-order valence-electron chi connectivity index (χ3n) is 3.52. The predicted molar refractivity (Wildman–Crippen MR) is 76.4 cm³/mol. The summed E-state index contributed by atoms with van der Waals surface area (Å²) in [6.45, 7) is 4.94. The summed E-state index contributed by atoms with van der Waals surface area (Å²) in [7, 11) is 0. The van der Waals surface area contributed by atoms with E-state index in [1.165, 1.54) is 12.8 Å². The van der Waals surface area contributed by atoms with Crippen molar-refractivity contribution in [1.82, 2.24) is 0 Å². The average molecular weight is 268 g/mol. The first-order chi connectivity index (χ1) is 8.60. The highest BCUT2D eigenvalue weighted by Gasteiger charge is 2.22. The van der Waals surface area contributed by atoms with Crippen LogP contribution in [0.2, 0.25) is 5.02 Å². The van der Waals surface area contributed by atoms with Crippen molar-refractivity contribution in [3.05, 3.63) is 28.3 Å². The number of hydrogen-bond donors (Lipinski definition) is 1. The van der Waals surface area contributed by atoms with Gasteiger partial charge in [0.2, 0.25) is 0 Å². The number of ether oxygens (including phenoxy) is 1. The van der Waals surface area contributed by atoms with Crippen LogP contribution in [0, 0.1) is 12.8 Å². The number of nitrogens with two attached hydrogens (primary N) is 1. The minimum Gasteiger partial charge on any atom is -0.493 e. The molecule has 1 aliphatic rings. The normalized spacial score (nSPS) is 16.7. The summed E-state index contributed by atoms with van der Waals surface area (Å²) in [5.41, 5.74) is 8.24. The van der Waals surface area contributed by atoms with Crippen molar-refractivity contribution in [2.45, 2.75) is 45.6 Å². The molecule has 1 saturated carbocycles. The molecule has 3 heteroatoms. The zero-order valence-electron chi connectivity index (χ0n) is 11.2. The zero-order chi connectivity index (χ0) is 13.1. The van der Waals surface area contributed by atoms with Crippen LogP contribution in [0.5, 0.6) is 5.75 Å². The Labute approximate surface area is 114 Å². The Hall–Kier alpha value is -0.730. The third kappa shape index (κ3) is 3.63. The van der Waals surface area contributed by atoms with Crippen LogP contribution in [-0.2, 0) is 6.42 Å². The van der Waals surface area contributed by atoms with Gasteiger partial charge in [-0.3, -0.25) is 0 Å². The van der Waals surface area contributed by atoms with Crippen LogP contribution in [0.1, 0.15) is 37.3 Å². The monoisotopic (exact) mass is 267 g/mol. The lowest BCUT2D eigenvalue weighted by Crippen LogP contribution is -2.22. The van der Waals surface area contributed by atoms with E-state index in [0.717, 1.165) is 47.3 Å². The predicted octanol–water partition coefficient (Wildman–Crippen LogP) is 3.72. The molecule has 1 aromatic carbocycles. The second-order valence-corrected chi connectivity index (χ2v) is 5.74. The van der Waals surface area contributed by atoms with Crippen LogP contribution in [-0.4, -0.2) is 12.6 Å². The van der Waals surface area contributed by atoms with E-state index in [1.54, 1.807) is 0 Å². The van der Waals surface area contributed by atoms with Gasteiger partial charge in [0.1, 0.15) is 5.75 Å². The van der Waals surface area contributed by atoms with Gasteiger partial charge in [0.15, 0.2) is 0 Å². The fourth-order valence-electron chi connectivity index (χ4n) is 1.91. The maximum absolute atomic E-state index is 6.19. The molecule has 0 aromatic heterocycles. The van der Waals surface area contributed by atoms with Gasteiger partial charge in [0, 0.05) is 11.1 Å². The lowest BCUT2D eigenvalue weighted by molar-refractivity contribution is 0.296. The number of halogens is 1. The van der Waals surface area contributed by atoms with Gasteiger partial charge in [-0.15, -0.1) is 0 Å². The maximum Gasteiger partial charge on any atom is 0.122 e. The highest BCUT2D eigenvalue weighted by Crippen LogP contribution is 2.32. The van der Waals surface area contributed by atoms with Crippen LogP contribution in [0.25, 0.3) is 0 Å². The van der Waals surface area contributed by atoms with E-state index < -0.39 is 0 Å². The molecule has 0 aliphatic heterocycles. The summed E-state index contributed by atoms with van der Waals surface area (Å²) in [6, 6.07) is 4.23. The lowest BCUT2D eigenvalue weighted by Gasteiger charge is -2.16. The van der Waals surface area contributed by atoms with Crippen molar-refractivity contribution < 1.29 is 4.74 Å². The van der Waals surface area contributed by atoms with Crippen molar-refractivity contribution in [2.24, 2.45) is 11.7 Å². The number of aryl methyl sites for hydroxylation is 1. The van der Waals surface area contributed by atoms with Gasteiger partial charge >= 0.3 is 0 Å². The van der Waals surface area contributed by atoms with Crippen LogP contribution in [0.15, 0.2) is 12.1 Å². The quantitative estimate of drug-likeness (QED) is 0.853. The second kappa shape index (κ2) is 5.94. The van der Waals surface area contributed by atoms with Gasteiger partial charge < -0.3 is 10.5 Å². The summed E-state index contributed by atoms with van der Waals surface area (Å²) >= 11 is 6.19. The van der Waals surface area contributed by atoms with E-state index in [2.05, 4.69) is 6.92 Å². The lowest BCUT2D eigenvalue weighted by atomic mass is 10.0. The van der Waals surface area contributed by atoms with Crippen molar-refractivity contribution in [2.75, 3.05) is 6.61 Å². The van der Waals surface area contributed by atoms with Gasteiger partial charge in [-0.25, -0.2) is 0 Å². The van der Waals surface area contributed by atoms with Gasteiger partial charge in [-0.05, 0) is 61.8 Å². The SMILES string of the molecule is CCC(N)Cc1cc(Cl)c(C)cc1OCC1CC1. The molecule has 1 aromatic rings. The minimum atomic E-state index is 0.173. The molecule has 0 spiro atoms. The van der Waals surface area contributed by atoms with Crippen LogP contribution >= 0.6 is 11.6 Å². The molecule has 100 valence electrons. The van der Waals surface area contributed by atoms with Crippen molar-refractivity contribution in [1.29, 1.82) is 0 Å². The summed E-state index contributed by atoms with van der Waals surface area (Å²) in [5.74, 6) is 1.72. The van der Waals surface area contributed by atoms with Crippen molar-refractivity contribution in [3.63, 3.8) is 0 Å². The molecule has 1 fully saturated rings. The minimum absolute atomic E-state index is 0.173. The van der Waals surface area contributed by atoms with Gasteiger partial charge in [0.05, 0.1) is 6.61 Å². The second-order valence-electron chi connectivity index (χ2n) is 5.34. The van der Waals surface area contributed by atoms with E-state index in [4.69, 9.17) is 22.1 Å². The van der Waals surface area contributed by atoms with E-state index in [0.29, 0.717) is 0 Å². The largest absolute Gasteiger partial charge is 0.493 e. The molecule has 1 aliphatic carbocycles. The molecule has 0 saturated heterocycles. The van der Waals surface area contributed by atoms with Gasteiger partial charge in [-0.1, -0.05) is 18.5 Å². The molecule has 0 heterocycles. The Bertz CT molecular complexity index is 415. The Morgan fingerprint density at radius 2 is 2.17 bits per heavy atom. The molecule has 18 heavy (non-hydrogen) atoms. The fourth-order valence-corrected chi connectivity index (χ4v) is 2.10. The highest BCUT2D eigenvalue weighted by atomic mass is 35.5. The molecule has 2 nitrogen and oxygen atoms in total. The van der Waals surface area contributed by atoms with Gasteiger partial charge in [0.25, 0.3) is 0 Å². The first-order valence-corrected chi connectivity index (χ1v) is 7.15. The fraction of sp³-hybridized carbons (Fsp3) is 0.600. The number of rotatable bonds is 6. The van der Waals surface area contributed by atoms with Crippen molar-refractivity contribution >= 4 is 11.6 Å². The molecular weight excluding hydrogens is 246 g/mol. The van der Waals surface area contributed by atoms with E-state index in [1.807, 2.05) is 19.1 Å².